The number of hydrogen-bond donors (Lipinski definition) is 3. The normalized spacial score (nSPS) is 20.3. The number of amides is 4. The maximum atomic E-state index is 14.0. The van der Waals surface area contributed by atoms with Gasteiger partial charge in [0.25, 0.3) is 5.91 Å². The molecule has 1 saturated heterocycles. The van der Waals surface area contributed by atoms with Crippen molar-refractivity contribution >= 4 is 23.6 Å². The minimum Gasteiger partial charge on any atom is -0.491 e. The van der Waals surface area contributed by atoms with E-state index in [0.29, 0.717) is 24.7 Å². The number of hydrogen-bond acceptors (Lipinski definition) is 7. The second-order valence-corrected chi connectivity index (χ2v) is 12.4. The number of carbonyl (C=O) groups excluding carboxylic acids is 4. The number of nitrogens with one attached hydrogen (secondary N) is 3. The van der Waals surface area contributed by atoms with E-state index in [-0.39, 0.29) is 50.1 Å². The van der Waals surface area contributed by atoms with Crippen molar-refractivity contribution in [1.29, 1.82) is 0 Å². The molecular formula is C38H46N4O7. The molecule has 11 nitrogen and oxygen atoms in total. The van der Waals surface area contributed by atoms with Gasteiger partial charge in [-0.2, -0.15) is 0 Å². The fraction of sp³-hybridized carbons (Fsp3) is 0.421. The molecule has 3 aromatic carbocycles. The van der Waals surface area contributed by atoms with E-state index in [2.05, 4.69) is 16.0 Å². The molecule has 4 amide bonds. The van der Waals surface area contributed by atoms with E-state index < -0.39 is 29.8 Å². The second-order valence-electron chi connectivity index (χ2n) is 12.4. The Morgan fingerprint density at radius 3 is 2.55 bits per heavy atom. The molecule has 11 heteroatoms. The van der Waals surface area contributed by atoms with Crippen molar-refractivity contribution in [2.75, 3.05) is 32.9 Å². The number of ether oxygens (including phenoxy) is 3. The molecule has 3 atom stereocenters. The lowest BCUT2D eigenvalue weighted by atomic mass is 10.0. The molecule has 2 aliphatic rings. The highest BCUT2D eigenvalue weighted by molar-refractivity contribution is 6.01. The van der Waals surface area contributed by atoms with Gasteiger partial charge < -0.3 is 35.1 Å². The number of unbranched alkanes of at least 4 members (excludes halogenated alkanes) is 1. The first-order valence-corrected chi connectivity index (χ1v) is 17.2. The van der Waals surface area contributed by atoms with Crippen LogP contribution in [-0.4, -0.2) is 79.6 Å². The summed E-state index contributed by atoms with van der Waals surface area (Å²) in [4.78, 5) is 56.5. The van der Waals surface area contributed by atoms with Crippen LogP contribution in [0.2, 0.25) is 0 Å². The lowest BCUT2D eigenvalue weighted by Crippen LogP contribution is -2.54. The molecule has 2 aliphatic heterocycles. The minimum absolute atomic E-state index is 0.0745. The SMILES string of the molecule is CCCCN1CCOc2ccccc2C(=O)N[C@H](C(=O)NCc2cccc(OCC3CCCO3)c2)CC(=O)N[C@@H](Cc2ccccc2)C1=O. The zero-order chi connectivity index (χ0) is 34.4. The van der Waals surface area contributed by atoms with Crippen molar-refractivity contribution in [3.8, 4) is 11.5 Å². The number of carbonyl (C=O) groups is 4. The molecule has 5 rings (SSSR count). The van der Waals surface area contributed by atoms with Crippen LogP contribution in [0.1, 0.15) is 60.5 Å². The van der Waals surface area contributed by atoms with Crippen LogP contribution in [0, 0.1) is 0 Å². The van der Waals surface area contributed by atoms with Gasteiger partial charge in [-0.05, 0) is 54.7 Å². The highest BCUT2D eigenvalue weighted by atomic mass is 16.5. The third-order valence-corrected chi connectivity index (χ3v) is 8.60. The average molecular weight is 671 g/mol. The van der Waals surface area contributed by atoms with Crippen LogP contribution in [0.25, 0.3) is 0 Å². The summed E-state index contributed by atoms with van der Waals surface area (Å²) in [5, 5.41) is 8.49. The van der Waals surface area contributed by atoms with Gasteiger partial charge in [0.15, 0.2) is 0 Å². The van der Waals surface area contributed by atoms with Gasteiger partial charge in [-0.3, -0.25) is 19.2 Å². The molecule has 260 valence electrons. The molecule has 49 heavy (non-hydrogen) atoms. The number of nitrogens with zero attached hydrogens (tertiary/aromatic N) is 1. The van der Waals surface area contributed by atoms with E-state index in [4.69, 9.17) is 14.2 Å². The van der Waals surface area contributed by atoms with E-state index in [1.807, 2.05) is 61.5 Å². The summed E-state index contributed by atoms with van der Waals surface area (Å²) in [5.74, 6) is -0.876. The van der Waals surface area contributed by atoms with Crippen LogP contribution in [-0.2, 0) is 32.1 Å². The first-order chi connectivity index (χ1) is 23.9. The number of rotatable bonds is 11. The van der Waals surface area contributed by atoms with E-state index in [0.717, 1.165) is 43.4 Å². The van der Waals surface area contributed by atoms with Gasteiger partial charge in [-0.1, -0.05) is 67.9 Å². The summed E-state index contributed by atoms with van der Waals surface area (Å²) in [7, 11) is 0. The Balaban J connectivity index is 1.35. The van der Waals surface area contributed by atoms with Gasteiger partial charge in [-0.25, -0.2) is 0 Å². The topological polar surface area (TPSA) is 135 Å². The second kappa shape index (κ2) is 18.0. The Morgan fingerprint density at radius 1 is 0.959 bits per heavy atom. The maximum Gasteiger partial charge on any atom is 0.255 e. The van der Waals surface area contributed by atoms with E-state index in [1.165, 1.54) is 0 Å². The molecule has 0 spiro atoms. The molecule has 1 fully saturated rings. The van der Waals surface area contributed by atoms with Crippen LogP contribution in [0.4, 0.5) is 0 Å². The van der Waals surface area contributed by atoms with Crippen LogP contribution in [0.3, 0.4) is 0 Å². The van der Waals surface area contributed by atoms with Gasteiger partial charge in [0.1, 0.15) is 36.8 Å². The van der Waals surface area contributed by atoms with Crippen molar-refractivity contribution in [3.63, 3.8) is 0 Å². The Labute approximate surface area is 287 Å². The molecule has 3 aromatic rings. The molecule has 0 radical (unpaired) electrons. The molecule has 1 unspecified atom stereocenters. The fourth-order valence-electron chi connectivity index (χ4n) is 5.90. The van der Waals surface area contributed by atoms with E-state index in [1.54, 1.807) is 29.2 Å². The van der Waals surface area contributed by atoms with Crippen molar-refractivity contribution in [1.82, 2.24) is 20.9 Å². The van der Waals surface area contributed by atoms with E-state index in [9.17, 15) is 19.2 Å². The molecule has 0 aromatic heterocycles. The quantitative estimate of drug-likeness (QED) is 0.283. The van der Waals surface area contributed by atoms with Crippen molar-refractivity contribution in [3.05, 3.63) is 95.6 Å². The monoisotopic (exact) mass is 670 g/mol. The summed E-state index contributed by atoms with van der Waals surface area (Å²) in [5.41, 5.74) is 1.89. The predicted molar refractivity (Wildman–Crippen MR) is 184 cm³/mol. The maximum absolute atomic E-state index is 14.0. The van der Waals surface area contributed by atoms with Crippen molar-refractivity contribution in [2.45, 2.75) is 70.2 Å². The molecular weight excluding hydrogens is 624 g/mol. The molecule has 2 heterocycles. The smallest absolute Gasteiger partial charge is 0.255 e. The zero-order valence-electron chi connectivity index (χ0n) is 28.0. The Hall–Kier alpha value is -4.90. The van der Waals surface area contributed by atoms with E-state index >= 15 is 0 Å². The van der Waals surface area contributed by atoms with Gasteiger partial charge in [0.05, 0.1) is 24.6 Å². The lowest BCUT2D eigenvalue weighted by molar-refractivity contribution is -0.137. The highest BCUT2D eigenvalue weighted by Gasteiger charge is 2.31. The van der Waals surface area contributed by atoms with Gasteiger partial charge in [-0.15, -0.1) is 0 Å². The average Bonchev–Trinajstić information content (AvgIpc) is 3.65. The predicted octanol–water partition coefficient (Wildman–Crippen LogP) is 3.80. The first kappa shape index (κ1) is 35.4. The number of para-hydroxylation sites is 1. The molecule has 0 aliphatic carbocycles. The minimum atomic E-state index is -1.23. The zero-order valence-corrected chi connectivity index (χ0v) is 28.0. The Kier molecular flexibility index (Phi) is 13.0. The Morgan fingerprint density at radius 2 is 1.76 bits per heavy atom. The molecule has 0 bridgehead atoms. The van der Waals surface area contributed by atoms with Gasteiger partial charge in [0.2, 0.25) is 17.7 Å². The summed E-state index contributed by atoms with van der Waals surface area (Å²) in [6.07, 6.45) is 3.62. The van der Waals surface area contributed by atoms with Crippen LogP contribution in [0.15, 0.2) is 78.9 Å². The summed E-state index contributed by atoms with van der Waals surface area (Å²) < 4.78 is 17.6. The summed E-state index contributed by atoms with van der Waals surface area (Å²) >= 11 is 0. The Bertz CT molecular complexity index is 1560. The lowest BCUT2D eigenvalue weighted by Gasteiger charge is -2.29. The fourth-order valence-corrected chi connectivity index (χ4v) is 5.90. The van der Waals surface area contributed by atoms with Crippen LogP contribution >= 0.6 is 0 Å². The van der Waals surface area contributed by atoms with Crippen molar-refractivity contribution in [2.24, 2.45) is 0 Å². The van der Waals surface area contributed by atoms with Crippen LogP contribution in [0.5, 0.6) is 11.5 Å². The third-order valence-electron chi connectivity index (χ3n) is 8.60. The van der Waals surface area contributed by atoms with Crippen molar-refractivity contribution < 1.29 is 33.4 Å². The summed E-state index contributed by atoms with van der Waals surface area (Å²) in [6.45, 7) is 4.31. The highest BCUT2D eigenvalue weighted by Crippen LogP contribution is 2.20. The third kappa shape index (κ3) is 10.5. The largest absolute Gasteiger partial charge is 0.491 e. The summed E-state index contributed by atoms with van der Waals surface area (Å²) in [6, 6.07) is 21.5. The standard InChI is InChI=1S/C38H46N4O7/c1-2-3-18-42-19-21-48-34-17-8-7-16-31(34)36(44)41-32(24-35(43)40-33(38(42)46)23-27-11-5-4-6-12-27)37(45)39-25-28-13-9-14-29(22-28)49-26-30-15-10-20-47-30/h4-9,11-14,16-17,22,30,32-33H,2-3,10,15,18-21,23-26H2,1H3,(H,39,45)(H,40,43)(H,41,44)/t30?,32-,33-/m0/s1. The first-order valence-electron chi connectivity index (χ1n) is 17.2. The van der Waals surface area contributed by atoms with Gasteiger partial charge in [0, 0.05) is 26.1 Å². The molecule has 3 N–H and O–H groups in total. The van der Waals surface area contributed by atoms with Crippen LogP contribution < -0.4 is 25.4 Å². The number of fused-ring (bicyclic) bond motifs is 1. The number of benzene rings is 3. The molecule has 0 saturated carbocycles. The van der Waals surface area contributed by atoms with Gasteiger partial charge >= 0.3 is 0 Å².